The molecule has 1 aliphatic heterocycles. The van der Waals surface area contributed by atoms with Gasteiger partial charge in [-0.1, -0.05) is 17.7 Å². The zero-order valence-electron chi connectivity index (χ0n) is 13.5. The molecule has 0 radical (unpaired) electrons. The number of esters is 1. The molecule has 120 valence electrons. The monoisotopic (exact) mass is 296 g/mol. The molecule has 0 spiro atoms. The Kier molecular flexibility index (Phi) is 9.02. The summed E-state index contributed by atoms with van der Waals surface area (Å²) in [5.74, 6) is -0.226. The zero-order valence-corrected chi connectivity index (χ0v) is 13.5. The molecule has 0 saturated carbocycles. The zero-order chi connectivity index (χ0) is 15.5. The largest absolute Gasteiger partial charge is 0.463 e. The minimum absolute atomic E-state index is 0.0342. The van der Waals surface area contributed by atoms with E-state index in [0.29, 0.717) is 18.8 Å². The second-order valence-corrected chi connectivity index (χ2v) is 5.34. The van der Waals surface area contributed by atoms with Gasteiger partial charge in [-0.05, 0) is 52.9 Å². The molecule has 1 saturated heterocycles. The van der Waals surface area contributed by atoms with Crippen molar-refractivity contribution in [2.75, 3.05) is 19.8 Å². The fourth-order valence-electron chi connectivity index (χ4n) is 2.08. The molecule has 1 fully saturated rings. The highest BCUT2D eigenvalue weighted by Crippen LogP contribution is 2.14. The molecule has 0 amide bonds. The molecule has 4 nitrogen and oxygen atoms in total. The third-order valence-corrected chi connectivity index (χ3v) is 3.34. The van der Waals surface area contributed by atoms with Gasteiger partial charge in [0.2, 0.25) is 0 Å². The van der Waals surface area contributed by atoms with Gasteiger partial charge < -0.3 is 14.2 Å². The van der Waals surface area contributed by atoms with Crippen LogP contribution >= 0.6 is 0 Å². The molecule has 0 aromatic rings. The Morgan fingerprint density at radius 3 is 2.67 bits per heavy atom. The number of carbonyl (C=O) groups is 1. The third-order valence-electron chi connectivity index (χ3n) is 3.34. The summed E-state index contributed by atoms with van der Waals surface area (Å²) in [6.45, 7) is 7.51. The Hall–Kier alpha value is -1.13. The number of rotatable bonds is 8. The van der Waals surface area contributed by atoms with Crippen LogP contribution in [-0.4, -0.2) is 32.1 Å². The van der Waals surface area contributed by atoms with Gasteiger partial charge in [-0.2, -0.15) is 0 Å². The van der Waals surface area contributed by atoms with E-state index in [1.54, 1.807) is 6.92 Å². The first-order chi connectivity index (χ1) is 10.1. The molecule has 1 aliphatic rings. The van der Waals surface area contributed by atoms with Crippen LogP contribution in [0, 0.1) is 0 Å². The Balaban J connectivity index is 2.19. The Morgan fingerprint density at radius 1 is 1.24 bits per heavy atom. The second kappa shape index (κ2) is 10.6. The molecule has 21 heavy (non-hydrogen) atoms. The van der Waals surface area contributed by atoms with Crippen LogP contribution in [0.15, 0.2) is 23.3 Å². The molecule has 0 aromatic heterocycles. The lowest BCUT2D eigenvalue weighted by molar-refractivity contribution is -0.156. The first-order valence-electron chi connectivity index (χ1n) is 7.86. The van der Waals surface area contributed by atoms with E-state index >= 15 is 0 Å². The molecule has 1 rings (SSSR count). The maximum absolute atomic E-state index is 11.4. The van der Waals surface area contributed by atoms with E-state index in [2.05, 4.69) is 13.0 Å². The average molecular weight is 296 g/mol. The first-order valence-corrected chi connectivity index (χ1v) is 7.86. The van der Waals surface area contributed by atoms with Gasteiger partial charge in [0.1, 0.15) is 0 Å². The maximum Gasteiger partial charge on any atom is 0.333 e. The highest BCUT2D eigenvalue weighted by atomic mass is 16.7. The van der Waals surface area contributed by atoms with Crippen LogP contribution < -0.4 is 0 Å². The SMILES string of the molecule is CCOC(=O)/C(C)=C/CC/C=C(\C)COC1CCCCO1. The van der Waals surface area contributed by atoms with E-state index in [-0.39, 0.29) is 12.3 Å². The van der Waals surface area contributed by atoms with E-state index in [0.717, 1.165) is 32.3 Å². The Labute approximate surface area is 128 Å². The van der Waals surface area contributed by atoms with Gasteiger partial charge in [0, 0.05) is 12.2 Å². The van der Waals surface area contributed by atoms with E-state index in [1.165, 1.54) is 12.0 Å². The molecule has 4 heteroatoms. The summed E-state index contributed by atoms with van der Waals surface area (Å²) in [7, 11) is 0. The number of allylic oxidation sites excluding steroid dienone is 2. The predicted molar refractivity (Wildman–Crippen MR) is 82.9 cm³/mol. The van der Waals surface area contributed by atoms with Crippen LogP contribution in [0.4, 0.5) is 0 Å². The summed E-state index contributed by atoms with van der Waals surface area (Å²) in [6, 6.07) is 0. The van der Waals surface area contributed by atoms with E-state index in [1.807, 2.05) is 13.0 Å². The van der Waals surface area contributed by atoms with Gasteiger partial charge >= 0.3 is 5.97 Å². The van der Waals surface area contributed by atoms with Crippen LogP contribution in [0.5, 0.6) is 0 Å². The molecule has 0 aliphatic carbocycles. The lowest BCUT2D eigenvalue weighted by atomic mass is 10.1. The molecular formula is C17H28O4. The summed E-state index contributed by atoms with van der Waals surface area (Å²) in [5, 5.41) is 0. The molecule has 0 bridgehead atoms. The fourth-order valence-corrected chi connectivity index (χ4v) is 2.08. The Bertz CT molecular complexity index is 365. The van der Waals surface area contributed by atoms with Crippen molar-refractivity contribution in [3.05, 3.63) is 23.3 Å². The van der Waals surface area contributed by atoms with Crippen molar-refractivity contribution in [3.8, 4) is 0 Å². The van der Waals surface area contributed by atoms with E-state index < -0.39 is 0 Å². The summed E-state index contributed by atoms with van der Waals surface area (Å²) < 4.78 is 16.2. The average Bonchev–Trinajstić information content (AvgIpc) is 2.50. The van der Waals surface area contributed by atoms with Crippen molar-refractivity contribution in [1.82, 2.24) is 0 Å². The molecule has 1 atom stereocenters. The lowest BCUT2D eigenvalue weighted by Crippen LogP contribution is -2.22. The smallest absolute Gasteiger partial charge is 0.333 e. The van der Waals surface area contributed by atoms with Gasteiger partial charge in [0.25, 0.3) is 0 Å². The van der Waals surface area contributed by atoms with Crippen LogP contribution in [0.3, 0.4) is 0 Å². The van der Waals surface area contributed by atoms with Crippen LogP contribution in [-0.2, 0) is 19.0 Å². The molecular weight excluding hydrogens is 268 g/mol. The Morgan fingerprint density at radius 2 is 2.00 bits per heavy atom. The molecule has 0 N–H and O–H groups in total. The van der Waals surface area contributed by atoms with Gasteiger partial charge in [0.05, 0.1) is 13.2 Å². The lowest BCUT2D eigenvalue weighted by Gasteiger charge is -2.22. The van der Waals surface area contributed by atoms with Crippen molar-refractivity contribution in [2.45, 2.75) is 59.2 Å². The standard InChI is InChI=1S/C17H28O4/c1-4-19-17(18)15(3)10-6-5-9-14(2)13-21-16-11-7-8-12-20-16/h9-10,16H,4-8,11-13H2,1-3H3/b14-9+,15-10+. The predicted octanol–water partition coefficient (Wildman–Crippen LogP) is 3.77. The fraction of sp³-hybridized carbons (Fsp3) is 0.706. The minimum atomic E-state index is -0.226. The number of carbonyl (C=O) groups excluding carboxylic acids is 1. The van der Waals surface area contributed by atoms with Crippen molar-refractivity contribution in [3.63, 3.8) is 0 Å². The van der Waals surface area contributed by atoms with Crippen molar-refractivity contribution in [1.29, 1.82) is 0 Å². The van der Waals surface area contributed by atoms with Gasteiger partial charge in [-0.15, -0.1) is 0 Å². The summed E-state index contributed by atoms with van der Waals surface area (Å²) in [5.41, 5.74) is 1.88. The third kappa shape index (κ3) is 8.02. The highest BCUT2D eigenvalue weighted by Gasteiger charge is 2.13. The minimum Gasteiger partial charge on any atom is -0.463 e. The van der Waals surface area contributed by atoms with Crippen LogP contribution in [0.25, 0.3) is 0 Å². The van der Waals surface area contributed by atoms with Gasteiger partial charge in [-0.3, -0.25) is 0 Å². The molecule has 1 heterocycles. The summed E-state index contributed by atoms with van der Waals surface area (Å²) >= 11 is 0. The summed E-state index contributed by atoms with van der Waals surface area (Å²) in [6.07, 6.45) is 9.10. The van der Waals surface area contributed by atoms with Crippen molar-refractivity contribution < 1.29 is 19.0 Å². The molecule has 1 unspecified atom stereocenters. The van der Waals surface area contributed by atoms with Crippen LogP contribution in [0.2, 0.25) is 0 Å². The molecule has 0 aromatic carbocycles. The number of unbranched alkanes of at least 4 members (excludes halogenated alkanes) is 1. The van der Waals surface area contributed by atoms with Crippen LogP contribution in [0.1, 0.15) is 52.9 Å². The van der Waals surface area contributed by atoms with E-state index in [4.69, 9.17) is 14.2 Å². The van der Waals surface area contributed by atoms with Gasteiger partial charge in [-0.25, -0.2) is 4.79 Å². The number of hydrogen-bond donors (Lipinski definition) is 0. The van der Waals surface area contributed by atoms with E-state index in [9.17, 15) is 4.79 Å². The first kappa shape index (κ1) is 17.9. The summed E-state index contributed by atoms with van der Waals surface area (Å²) in [4.78, 5) is 11.4. The number of hydrogen-bond acceptors (Lipinski definition) is 4. The quantitative estimate of drug-likeness (QED) is 0.296. The maximum atomic E-state index is 11.4. The normalized spacial score (nSPS) is 20.4. The topological polar surface area (TPSA) is 44.8 Å². The van der Waals surface area contributed by atoms with Crippen molar-refractivity contribution >= 4 is 5.97 Å². The highest BCUT2D eigenvalue weighted by molar-refractivity contribution is 5.87. The number of ether oxygens (including phenoxy) is 3. The second-order valence-electron chi connectivity index (χ2n) is 5.34. The van der Waals surface area contributed by atoms with Crippen molar-refractivity contribution in [2.24, 2.45) is 0 Å². The van der Waals surface area contributed by atoms with Gasteiger partial charge in [0.15, 0.2) is 6.29 Å².